The van der Waals surface area contributed by atoms with Gasteiger partial charge in [0.1, 0.15) is 5.54 Å². The van der Waals surface area contributed by atoms with Crippen molar-refractivity contribution in [1.29, 1.82) is 5.26 Å². The number of nitrogens with zero attached hydrogens (tertiary/aromatic N) is 4. The normalized spacial score (nSPS) is 20.2. The first-order chi connectivity index (χ1) is 14.0. The summed E-state index contributed by atoms with van der Waals surface area (Å²) in [5.41, 5.74) is 0.799. The zero-order chi connectivity index (χ0) is 20.4. The van der Waals surface area contributed by atoms with Crippen molar-refractivity contribution < 1.29 is 4.79 Å². The van der Waals surface area contributed by atoms with Gasteiger partial charge in [-0.15, -0.1) is 21.5 Å². The molecule has 0 spiro atoms. The quantitative estimate of drug-likeness (QED) is 0.699. The number of carbonyl (C=O) groups is 1. The van der Waals surface area contributed by atoms with Crippen molar-refractivity contribution >= 4 is 29.0 Å². The maximum absolute atomic E-state index is 12.4. The number of carbonyl (C=O) groups excluding carboxylic acids is 1. The lowest BCUT2D eigenvalue weighted by Crippen LogP contribution is -2.45. The van der Waals surface area contributed by atoms with E-state index < -0.39 is 5.54 Å². The molecule has 4 rings (SSSR count). The molecule has 2 heterocycles. The standard InChI is InChI=1S/C21H27N5OS2/c1-3-14-6-7-16-15(10-14)11-17(29-16)19-24-25-20(26(19)2)28-12-18(27)23-21(13-22)8-4-5-9-21/h11,14H,3-10,12H2,1-2H3,(H,23,27)/t14-/m0/s1. The third kappa shape index (κ3) is 4.22. The molecule has 0 radical (unpaired) electrons. The number of aromatic nitrogens is 3. The number of thiophene rings is 1. The number of fused-ring (bicyclic) bond motifs is 1. The van der Waals surface area contributed by atoms with Gasteiger partial charge in [-0.25, -0.2) is 0 Å². The smallest absolute Gasteiger partial charge is 0.231 e. The molecular weight excluding hydrogens is 402 g/mol. The van der Waals surface area contributed by atoms with Crippen molar-refractivity contribution in [2.45, 2.75) is 69.0 Å². The van der Waals surface area contributed by atoms with Crippen LogP contribution in [0.2, 0.25) is 0 Å². The summed E-state index contributed by atoms with van der Waals surface area (Å²) in [7, 11) is 1.96. The molecule has 2 aromatic heterocycles. The minimum atomic E-state index is -0.672. The first-order valence-corrected chi connectivity index (χ1v) is 12.2. The highest BCUT2D eigenvalue weighted by atomic mass is 32.2. The average Bonchev–Trinajstić information content (AvgIpc) is 3.44. The Morgan fingerprint density at radius 3 is 2.97 bits per heavy atom. The summed E-state index contributed by atoms with van der Waals surface area (Å²) in [5.74, 6) is 1.80. The van der Waals surface area contributed by atoms with E-state index in [4.69, 9.17) is 0 Å². The number of aryl methyl sites for hydroxylation is 1. The molecule has 0 saturated heterocycles. The highest BCUT2D eigenvalue weighted by molar-refractivity contribution is 7.99. The second kappa shape index (κ2) is 8.49. The van der Waals surface area contributed by atoms with Crippen LogP contribution in [0.4, 0.5) is 0 Å². The molecule has 1 atom stereocenters. The summed E-state index contributed by atoms with van der Waals surface area (Å²) in [6, 6.07) is 4.58. The molecule has 1 N–H and O–H groups in total. The van der Waals surface area contributed by atoms with Crippen LogP contribution >= 0.6 is 23.1 Å². The lowest BCUT2D eigenvalue weighted by Gasteiger charge is -2.21. The van der Waals surface area contributed by atoms with Gasteiger partial charge in [-0.05, 0) is 62.5 Å². The SMILES string of the molecule is CC[C@H]1CCc2sc(-c3nnc(SCC(=O)NC4(C#N)CCCC4)n3C)cc2C1. The van der Waals surface area contributed by atoms with E-state index in [0.717, 1.165) is 47.5 Å². The number of amides is 1. The van der Waals surface area contributed by atoms with E-state index in [1.807, 2.05) is 23.0 Å². The van der Waals surface area contributed by atoms with Crippen LogP contribution in [0.3, 0.4) is 0 Å². The molecular formula is C21H27N5OS2. The van der Waals surface area contributed by atoms with Crippen LogP contribution in [-0.2, 0) is 24.7 Å². The van der Waals surface area contributed by atoms with Gasteiger partial charge in [0.25, 0.3) is 0 Å². The van der Waals surface area contributed by atoms with Gasteiger partial charge in [-0.3, -0.25) is 4.79 Å². The van der Waals surface area contributed by atoms with E-state index in [-0.39, 0.29) is 11.7 Å². The maximum atomic E-state index is 12.4. The highest BCUT2D eigenvalue weighted by Gasteiger charge is 2.35. The summed E-state index contributed by atoms with van der Waals surface area (Å²) in [6.45, 7) is 2.27. The fraction of sp³-hybridized carbons (Fsp3) is 0.619. The Labute approximate surface area is 180 Å². The van der Waals surface area contributed by atoms with Gasteiger partial charge in [0.15, 0.2) is 11.0 Å². The molecule has 1 fully saturated rings. The Bertz CT molecular complexity index is 936. The number of thioether (sulfide) groups is 1. The molecule has 1 amide bonds. The predicted octanol–water partition coefficient (Wildman–Crippen LogP) is 4.10. The molecule has 0 bridgehead atoms. The number of nitriles is 1. The fourth-order valence-corrected chi connectivity index (χ4v) is 6.33. The maximum Gasteiger partial charge on any atom is 0.231 e. The molecule has 1 saturated carbocycles. The number of nitrogens with one attached hydrogen (secondary N) is 1. The van der Waals surface area contributed by atoms with Crippen molar-refractivity contribution in [2.75, 3.05) is 5.75 Å². The molecule has 29 heavy (non-hydrogen) atoms. The van der Waals surface area contributed by atoms with Crippen molar-refractivity contribution in [3.63, 3.8) is 0 Å². The van der Waals surface area contributed by atoms with Gasteiger partial charge in [0, 0.05) is 11.9 Å². The van der Waals surface area contributed by atoms with Crippen molar-refractivity contribution in [2.24, 2.45) is 13.0 Å². The third-order valence-corrected chi connectivity index (χ3v) is 8.45. The summed E-state index contributed by atoms with van der Waals surface area (Å²) >= 11 is 3.20. The monoisotopic (exact) mass is 429 g/mol. The minimum Gasteiger partial charge on any atom is -0.337 e. The lowest BCUT2D eigenvalue weighted by atomic mass is 9.87. The fourth-order valence-electron chi connectivity index (χ4n) is 4.39. The van der Waals surface area contributed by atoms with Crippen LogP contribution < -0.4 is 5.32 Å². The molecule has 2 aliphatic carbocycles. The Kier molecular flexibility index (Phi) is 5.98. The zero-order valence-electron chi connectivity index (χ0n) is 17.0. The van der Waals surface area contributed by atoms with E-state index in [9.17, 15) is 10.1 Å². The van der Waals surface area contributed by atoms with Crippen LogP contribution in [0, 0.1) is 17.2 Å². The van der Waals surface area contributed by atoms with Crippen molar-refractivity contribution in [3.8, 4) is 16.8 Å². The van der Waals surface area contributed by atoms with Gasteiger partial charge in [-0.2, -0.15) is 5.26 Å². The average molecular weight is 430 g/mol. The largest absolute Gasteiger partial charge is 0.337 e. The van der Waals surface area contributed by atoms with E-state index in [0.29, 0.717) is 0 Å². The van der Waals surface area contributed by atoms with E-state index in [1.54, 1.807) is 0 Å². The Hall–Kier alpha value is -1.85. The number of rotatable bonds is 6. The van der Waals surface area contributed by atoms with Crippen molar-refractivity contribution in [1.82, 2.24) is 20.1 Å². The topological polar surface area (TPSA) is 83.6 Å². The molecule has 8 heteroatoms. The second-order valence-corrected chi connectivity index (χ2v) is 10.3. The summed E-state index contributed by atoms with van der Waals surface area (Å²) < 4.78 is 1.97. The number of hydrogen-bond donors (Lipinski definition) is 1. The van der Waals surface area contributed by atoms with Crippen LogP contribution in [-0.4, -0.2) is 32.0 Å². The van der Waals surface area contributed by atoms with Gasteiger partial charge in [0.2, 0.25) is 5.91 Å². The van der Waals surface area contributed by atoms with Gasteiger partial charge in [0.05, 0.1) is 16.7 Å². The van der Waals surface area contributed by atoms with Crippen LogP contribution in [0.15, 0.2) is 11.2 Å². The van der Waals surface area contributed by atoms with Crippen LogP contribution in [0.5, 0.6) is 0 Å². The van der Waals surface area contributed by atoms with Crippen LogP contribution in [0.25, 0.3) is 10.7 Å². The highest BCUT2D eigenvalue weighted by Crippen LogP contribution is 2.38. The first kappa shape index (κ1) is 20.4. The zero-order valence-corrected chi connectivity index (χ0v) is 18.7. The Morgan fingerprint density at radius 2 is 2.24 bits per heavy atom. The second-order valence-electron chi connectivity index (χ2n) is 8.18. The van der Waals surface area contributed by atoms with Crippen molar-refractivity contribution in [3.05, 3.63) is 16.5 Å². The molecule has 0 aliphatic heterocycles. The summed E-state index contributed by atoms with van der Waals surface area (Å²) in [5, 5.41) is 21.8. The molecule has 0 unspecified atom stereocenters. The Balaban J connectivity index is 1.41. The summed E-state index contributed by atoms with van der Waals surface area (Å²) in [6.07, 6.45) is 8.34. The molecule has 2 aromatic rings. The van der Waals surface area contributed by atoms with Gasteiger partial charge < -0.3 is 9.88 Å². The van der Waals surface area contributed by atoms with Gasteiger partial charge in [-0.1, -0.05) is 25.1 Å². The summed E-state index contributed by atoms with van der Waals surface area (Å²) in [4.78, 5) is 15.0. The Morgan fingerprint density at radius 1 is 1.45 bits per heavy atom. The third-order valence-electron chi connectivity index (χ3n) is 6.20. The first-order valence-electron chi connectivity index (χ1n) is 10.4. The minimum absolute atomic E-state index is 0.111. The molecule has 2 aliphatic rings. The van der Waals surface area contributed by atoms with E-state index in [1.165, 1.54) is 47.9 Å². The predicted molar refractivity (Wildman–Crippen MR) is 116 cm³/mol. The molecule has 154 valence electrons. The lowest BCUT2D eigenvalue weighted by molar-refractivity contribution is -0.119. The van der Waals surface area contributed by atoms with E-state index in [2.05, 4.69) is 34.6 Å². The van der Waals surface area contributed by atoms with Crippen LogP contribution in [0.1, 0.15) is 55.9 Å². The molecule has 6 nitrogen and oxygen atoms in total. The van der Waals surface area contributed by atoms with Gasteiger partial charge >= 0.3 is 0 Å². The number of hydrogen-bond acceptors (Lipinski definition) is 6. The van der Waals surface area contributed by atoms with E-state index >= 15 is 0 Å². The molecule has 0 aromatic carbocycles.